The van der Waals surface area contributed by atoms with Crippen molar-refractivity contribution in [2.45, 2.75) is 0 Å². The van der Waals surface area contributed by atoms with Gasteiger partial charge in [0, 0.05) is 17.4 Å². The number of benzene rings is 1. The van der Waals surface area contributed by atoms with Gasteiger partial charge in [-0.25, -0.2) is 0 Å². The minimum absolute atomic E-state index is 0.238. The van der Waals surface area contributed by atoms with Crippen molar-refractivity contribution in [2.24, 2.45) is 0 Å². The summed E-state index contributed by atoms with van der Waals surface area (Å²) in [6, 6.07) is 9.15. The molecule has 0 bridgehead atoms. The monoisotopic (exact) mass is 258 g/mol. The smallest absolute Gasteiger partial charge is 0.363 e. The van der Waals surface area contributed by atoms with Gasteiger partial charge in [-0.05, 0) is 40.2 Å². The maximum absolute atomic E-state index is 11.8. The molecule has 0 fully saturated rings. The number of nitrogen functional groups attached to an aromatic ring is 1. The standard InChI is InChI=1S/C12H10N4O3/c13-9-2-4-10(5-3-9)15-12(17)8-1-6-11(14-7-8)16(18)19/h1-7H,13H2,(H,15,17). The number of amides is 1. The SMILES string of the molecule is Nc1ccc(NC(=O)c2ccc([N+](=O)[O-])nc2)cc1. The first-order valence-corrected chi connectivity index (χ1v) is 5.33. The van der Waals surface area contributed by atoms with Crippen molar-refractivity contribution in [3.8, 4) is 0 Å². The highest BCUT2D eigenvalue weighted by molar-refractivity contribution is 6.04. The molecule has 96 valence electrons. The summed E-state index contributed by atoms with van der Waals surface area (Å²) in [5.74, 6) is -0.698. The van der Waals surface area contributed by atoms with Crippen LogP contribution in [0, 0.1) is 10.1 Å². The second-order valence-electron chi connectivity index (χ2n) is 3.74. The molecule has 0 radical (unpaired) electrons. The zero-order valence-electron chi connectivity index (χ0n) is 9.74. The van der Waals surface area contributed by atoms with Gasteiger partial charge in [-0.15, -0.1) is 0 Å². The molecule has 1 aromatic carbocycles. The summed E-state index contributed by atoms with van der Waals surface area (Å²) in [6.45, 7) is 0. The summed E-state index contributed by atoms with van der Waals surface area (Å²) >= 11 is 0. The molecule has 0 spiro atoms. The van der Waals surface area contributed by atoms with E-state index in [0.717, 1.165) is 6.20 Å². The van der Waals surface area contributed by atoms with Gasteiger partial charge in [-0.3, -0.25) is 4.79 Å². The fourth-order valence-corrected chi connectivity index (χ4v) is 1.40. The Morgan fingerprint density at radius 2 is 1.89 bits per heavy atom. The number of carbonyl (C=O) groups excluding carboxylic acids is 1. The molecule has 0 aliphatic carbocycles. The van der Waals surface area contributed by atoms with E-state index in [1.807, 2.05) is 0 Å². The molecule has 1 aromatic heterocycles. The van der Waals surface area contributed by atoms with Gasteiger partial charge in [-0.1, -0.05) is 0 Å². The molecule has 1 heterocycles. The molecular formula is C12H10N4O3. The molecule has 19 heavy (non-hydrogen) atoms. The second kappa shape index (κ2) is 5.13. The lowest BCUT2D eigenvalue weighted by atomic mass is 10.2. The maximum Gasteiger partial charge on any atom is 0.363 e. The van der Waals surface area contributed by atoms with Crippen molar-refractivity contribution in [3.05, 3.63) is 58.3 Å². The summed E-state index contributed by atoms with van der Waals surface area (Å²) in [4.78, 5) is 25.2. The van der Waals surface area contributed by atoms with Crippen LogP contribution in [0.2, 0.25) is 0 Å². The highest BCUT2D eigenvalue weighted by atomic mass is 16.6. The first kappa shape index (κ1) is 12.5. The molecule has 3 N–H and O–H groups in total. The third kappa shape index (κ3) is 3.03. The van der Waals surface area contributed by atoms with Crippen LogP contribution in [-0.4, -0.2) is 15.8 Å². The average Bonchev–Trinajstić information content (AvgIpc) is 2.41. The van der Waals surface area contributed by atoms with Gasteiger partial charge in [0.2, 0.25) is 0 Å². The zero-order valence-corrected chi connectivity index (χ0v) is 9.74. The van der Waals surface area contributed by atoms with E-state index in [0.29, 0.717) is 11.4 Å². The molecule has 7 heteroatoms. The average molecular weight is 258 g/mol. The van der Waals surface area contributed by atoms with Crippen molar-refractivity contribution in [1.82, 2.24) is 4.98 Å². The van der Waals surface area contributed by atoms with E-state index in [1.54, 1.807) is 24.3 Å². The molecular weight excluding hydrogens is 248 g/mol. The number of nitro groups is 1. The van der Waals surface area contributed by atoms with Crippen molar-refractivity contribution < 1.29 is 9.72 Å². The minimum atomic E-state index is -0.623. The van der Waals surface area contributed by atoms with Crippen LogP contribution in [-0.2, 0) is 0 Å². The molecule has 2 rings (SSSR count). The summed E-state index contributed by atoms with van der Waals surface area (Å²) in [5, 5.41) is 13.1. The molecule has 0 unspecified atom stereocenters. The van der Waals surface area contributed by atoms with Gasteiger partial charge < -0.3 is 21.2 Å². The summed E-state index contributed by atoms with van der Waals surface area (Å²) in [7, 11) is 0. The third-order valence-corrected chi connectivity index (χ3v) is 2.37. The Morgan fingerprint density at radius 3 is 2.42 bits per heavy atom. The molecule has 0 saturated heterocycles. The van der Waals surface area contributed by atoms with E-state index in [2.05, 4.69) is 10.3 Å². The largest absolute Gasteiger partial charge is 0.399 e. The number of aromatic nitrogens is 1. The van der Waals surface area contributed by atoms with Gasteiger partial charge in [0.05, 0.1) is 5.56 Å². The van der Waals surface area contributed by atoms with Crippen LogP contribution in [0.25, 0.3) is 0 Å². The third-order valence-electron chi connectivity index (χ3n) is 2.37. The number of anilines is 2. The van der Waals surface area contributed by atoms with Gasteiger partial charge in [0.1, 0.15) is 0 Å². The van der Waals surface area contributed by atoms with Crippen LogP contribution in [0.15, 0.2) is 42.6 Å². The number of carbonyl (C=O) groups is 1. The van der Waals surface area contributed by atoms with Crippen LogP contribution < -0.4 is 11.1 Å². The van der Waals surface area contributed by atoms with E-state index in [9.17, 15) is 14.9 Å². The Labute approximate surface area is 108 Å². The molecule has 0 saturated carbocycles. The maximum atomic E-state index is 11.8. The lowest BCUT2D eigenvalue weighted by Crippen LogP contribution is -2.12. The molecule has 0 atom stereocenters. The van der Waals surface area contributed by atoms with Gasteiger partial charge in [-0.2, -0.15) is 0 Å². The van der Waals surface area contributed by atoms with E-state index >= 15 is 0 Å². The van der Waals surface area contributed by atoms with E-state index < -0.39 is 10.8 Å². The lowest BCUT2D eigenvalue weighted by molar-refractivity contribution is -0.389. The van der Waals surface area contributed by atoms with Gasteiger partial charge >= 0.3 is 5.82 Å². The molecule has 0 aliphatic heterocycles. The van der Waals surface area contributed by atoms with Crippen LogP contribution in [0.1, 0.15) is 10.4 Å². The normalized spacial score (nSPS) is 9.89. The predicted octanol–water partition coefficient (Wildman–Crippen LogP) is 1.82. The Hall–Kier alpha value is -2.96. The first-order chi connectivity index (χ1) is 9.06. The number of rotatable bonds is 3. The molecule has 7 nitrogen and oxygen atoms in total. The summed E-state index contributed by atoms with van der Waals surface area (Å²) in [6.07, 6.45) is 1.16. The Morgan fingerprint density at radius 1 is 1.21 bits per heavy atom. The first-order valence-electron chi connectivity index (χ1n) is 5.33. The van der Waals surface area contributed by atoms with Crippen LogP contribution in [0.3, 0.4) is 0 Å². The Bertz CT molecular complexity index is 608. The van der Waals surface area contributed by atoms with E-state index in [-0.39, 0.29) is 11.4 Å². The Balaban J connectivity index is 2.11. The topological polar surface area (TPSA) is 111 Å². The highest BCUT2D eigenvalue weighted by Crippen LogP contribution is 2.13. The van der Waals surface area contributed by atoms with Gasteiger partial charge in [0.15, 0.2) is 6.20 Å². The quantitative estimate of drug-likeness (QED) is 0.495. The van der Waals surface area contributed by atoms with Crippen LogP contribution in [0.5, 0.6) is 0 Å². The number of hydrogen-bond donors (Lipinski definition) is 2. The number of hydrogen-bond acceptors (Lipinski definition) is 5. The summed E-state index contributed by atoms with van der Waals surface area (Å²) < 4.78 is 0. The van der Waals surface area contributed by atoms with Crippen molar-refractivity contribution in [1.29, 1.82) is 0 Å². The second-order valence-corrected chi connectivity index (χ2v) is 3.74. The highest BCUT2D eigenvalue weighted by Gasteiger charge is 2.11. The molecule has 2 aromatic rings. The van der Waals surface area contributed by atoms with Crippen molar-refractivity contribution in [2.75, 3.05) is 11.1 Å². The van der Waals surface area contributed by atoms with Crippen molar-refractivity contribution in [3.63, 3.8) is 0 Å². The van der Waals surface area contributed by atoms with E-state index in [1.165, 1.54) is 12.1 Å². The van der Waals surface area contributed by atoms with Crippen LogP contribution >= 0.6 is 0 Å². The van der Waals surface area contributed by atoms with Crippen molar-refractivity contribution >= 4 is 23.1 Å². The number of nitrogens with one attached hydrogen (secondary N) is 1. The number of nitrogens with two attached hydrogens (primary N) is 1. The van der Waals surface area contributed by atoms with Gasteiger partial charge in [0.25, 0.3) is 5.91 Å². The minimum Gasteiger partial charge on any atom is -0.399 e. The zero-order chi connectivity index (χ0) is 13.8. The number of nitrogens with zero attached hydrogens (tertiary/aromatic N) is 2. The fraction of sp³-hybridized carbons (Fsp3) is 0. The summed E-state index contributed by atoms with van der Waals surface area (Å²) in [5.41, 5.74) is 6.94. The molecule has 0 aliphatic rings. The fourth-order valence-electron chi connectivity index (χ4n) is 1.40. The molecule has 1 amide bonds. The number of pyridine rings is 1. The lowest BCUT2D eigenvalue weighted by Gasteiger charge is -2.04. The Kier molecular flexibility index (Phi) is 3.37. The van der Waals surface area contributed by atoms with Crippen LogP contribution in [0.4, 0.5) is 17.2 Å². The predicted molar refractivity (Wildman–Crippen MR) is 69.7 cm³/mol. The van der Waals surface area contributed by atoms with E-state index in [4.69, 9.17) is 5.73 Å².